The Labute approximate surface area is 142 Å². The number of imidazole rings is 1. The summed E-state index contributed by atoms with van der Waals surface area (Å²) in [5.74, 6) is 1.85. The molecule has 0 fully saturated rings. The minimum atomic E-state index is 0.431. The van der Waals surface area contributed by atoms with Gasteiger partial charge in [-0.15, -0.1) is 0 Å². The second-order valence-corrected chi connectivity index (χ2v) is 6.12. The molecule has 0 aliphatic rings. The molecule has 0 spiro atoms. The first-order valence-corrected chi connectivity index (χ1v) is 8.33. The van der Waals surface area contributed by atoms with Gasteiger partial charge >= 0.3 is 0 Å². The van der Waals surface area contributed by atoms with Gasteiger partial charge in [0.2, 0.25) is 0 Å². The summed E-state index contributed by atoms with van der Waals surface area (Å²) in [6, 6.07) is 16.0. The lowest BCUT2D eigenvalue weighted by molar-refractivity contribution is 0.111. The number of hydrogen-bond donors (Lipinski definition) is 0. The number of carbonyl (C=O) groups excluding carboxylic acids is 1. The Bertz CT molecular complexity index is 837. The minimum absolute atomic E-state index is 0.431. The van der Waals surface area contributed by atoms with Gasteiger partial charge in [0.1, 0.15) is 5.75 Å². The molecule has 0 bridgehead atoms. The van der Waals surface area contributed by atoms with Crippen molar-refractivity contribution in [1.29, 1.82) is 0 Å². The maximum atomic E-state index is 11.3. The molecule has 4 nitrogen and oxygen atoms in total. The van der Waals surface area contributed by atoms with Crippen LogP contribution in [0.2, 0.25) is 0 Å². The summed E-state index contributed by atoms with van der Waals surface area (Å²) >= 11 is 0. The molecule has 0 N–H and O–H groups in total. The molecule has 0 radical (unpaired) electrons. The lowest BCUT2D eigenvalue weighted by Gasteiger charge is -2.14. The molecule has 3 rings (SSSR count). The highest BCUT2D eigenvalue weighted by atomic mass is 16.5. The van der Waals surface area contributed by atoms with E-state index in [0.29, 0.717) is 24.9 Å². The third kappa shape index (κ3) is 3.32. The van der Waals surface area contributed by atoms with E-state index >= 15 is 0 Å². The first-order valence-electron chi connectivity index (χ1n) is 8.33. The van der Waals surface area contributed by atoms with Crippen molar-refractivity contribution in [2.24, 2.45) is 0 Å². The lowest BCUT2D eigenvalue weighted by atomic mass is 10.0. The van der Waals surface area contributed by atoms with Crippen molar-refractivity contribution in [1.82, 2.24) is 9.55 Å². The molecule has 0 unspecified atom stereocenters. The molecule has 0 saturated carbocycles. The van der Waals surface area contributed by atoms with E-state index in [4.69, 9.17) is 4.74 Å². The maximum absolute atomic E-state index is 11.3. The third-order valence-corrected chi connectivity index (χ3v) is 4.11. The quantitative estimate of drug-likeness (QED) is 0.477. The molecule has 2 aromatic carbocycles. The normalized spacial score (nSPS) is 11.1. The largest absolute Gasteiger partial charge is 0.493 e. The summed E-state index contributed by atoms with van der Waals surface area (Å²) in [7, 11) is 0. The maximum Gasteiger partial charge on any atom is 0.185 e. The van der Waals surface area contributed by atoms with Crippen LogP contribution in [0.4, 0.5) is 0 Å². The van der Waals surface area contributed by atoms with Crippen LogP contribution in [-0.4, -0.2) is 22.4 Å². The first-order chi connectivity index (χ1) is 11.7. The van der Waals surface area contributed by atoms with Gasteiger partial charge < -0.3 is 9.30 Å². The second kappa shape index (κ2) is 7.30. The van der Waals surface area contributed by atoms with Crippen molar-refractivity contribution in [3.63, 3.8) is 0 Å². The number of aryl methyl sites for hydroxylation is 1. The van der Waals surface area contributed by atoms with Crippen LogP contribution in [-0.2, 0) is 6.54 Å². The van der Waals surface area contributed by atoms with E-state index in [0.717, 1.165) is 29.5 Å². The van der Waals surface area contributed by atoms with Crippen LogP contribution in [0.25, 0.3) is 11.0 Å². The topological polar surface area (TPSA) is 44.1 Å². The number of para-hydroxylation sites is 3. The molecule has 124 valence electrons. The Morgan fingerprint density at radius 2 is 1.88 bits per heavy atom. The highest BCUT2D eigenvalue weighted by molar-refractivity contribution is 5.82. The number of ether oxygens (including phenoxy) is 1. The van der Waals surface area contributed by atoms with Crippen LogP contribution >= 0.6 is 0 Å². The minimum Gasteiger partial charge on any atom is -0.493 e. The number of rotatable bonds is 7. The van der Waals surface area contributed by atoms with Crippen LogP contribution in [0, 0.1) is 0 Å². The average Bonchev–Trinajstić information content (AvgIpc) is 2.97. The predicted molar refractivity (Wildman–Crippen MR) is 95.8 cm³/mol. The Kier molecular flexibility index (Phi) is 4.94. The fourth-order valence-corrected chi connectivity index (χ4v) is 2.91. The van der Waals surface area contributed by atoms with Gasteiger partial charge in [-0.25, -0.2) is 4.98 Å². The summed E-state index contributed by atoms with van der Waals surface area (Å²) in [5.41, 5.74) is 3.06. The zero-order valence-corrected chi connectivity index (χ0v) is 14.1. The molecule has 0 amide bonds. The number of nitrogens with zero attached hydrogens (tertiary/aromatic N) is 2. The Morgan fingerprint density at radius 1 is 1.12 bits per heavy atom. The number of aldehydes is 1. The van der Waals surface area contributed by atoms with E-state index in [1.165, 1.54) is 5.56 Å². The third-order valence-electron chi connectivity index (χ3n) is 4.11. The van der Waals surface area contributed by atoms with Crippen molar-refractivity contribution in [3.8, 4) is 5.75 Å². The Morgan fingerprint density at radius 3 is 2.67 bits per heavy atom. The van der Waals surface area contributed by atoms with Crippen LogP contribution in [0.3, 0.4) is 0 Å². The molecule has 1 heterocycles. The van der Waals surface area contributed by atoms with Gasteiger partial charge in [-0.3, -0.25) is 4.79 Å². The summed E-state index contributed by atoms with van der Waals surface area (Å²) in [5, 5.41) is 0. The smallest absolute Gasteiger partial charge is 0.185 e. The standard InChI is InChI=1S/C20H22N2O2/c1-15(2)16-8-3-6-11-19(16)24-13-7-12-22-18-10-5-4-9-17(18)21-20(22)14-23/h3-6,8-11,14-15H,7,12-13H2,1-2H3. The van der Waals surface area contributed by atoms with E-state index in [1.807, 2.05) is 47.0 Å². The number of benzene rings is 2. The van der Waals surface area contributed by atoms with Crippen molar-refractivity contribution >= 4 is 17.3 Å². The van der Waals surface area contributed by atoms with Crippen LogP contribution in [0.5, 0.6) is 5.75 Å². The van der Waals surface area contributed by atoms with Gasteiger partial charge in [0.05, 0.1) is 17.6 Å². The number of aromatic nitrogens is 2. The molecule has 3 aromatic rings. The van der Waals surface area contributed by atoms with Crippen molar-refractivity contribution in [2.45, 2.75) is 32.7 Å². The van der Waals surface area contributed by atoms with Crippen LogP contribution in [0.1, 0.15) is 42.4 Å². The molecule has 0 saturated heterocycles. The molecule has 24 heavy (non-hydrogen) atoms. The van der Waals surface area contributed by atoms with Crippen molar-refractivity contribution < 1.29 is 9.53 Å². The summed E-state index contributed by atoms with van der Waals surface area (Å²) in [6.07, 6.45) is 1.63. The molecular formula is C20H22N2O2. The van der Waals surface area contributed by atoms with Crippen molar-refractivity contribution in [3.05, 3.63) is 59.9 Å². The average molecular weight is 322 g/mol. The van der Waals surface area contributed by atoms with Gasteiger partial charge in [0.15, 0.2) is 12.1 Å². The molecule has 4 heteroatoms. The van der Waals surface area contributed by atoms with Gasteiger partial charge in [0.25, 0.3) is 0 Å². The molecule has 1 aromatic heterocycles. The first kappa shape index (κ1) is 16.2. The number of hydrogen-bond acceptors (Lipinski definition) is 3. The number of carbonyl (C=O) groups is 1. The molecule has 0 aliphatic carbocycles. The SMILES string of the molecule is CC(C)c1ccccc1OCCCn1c(C=O)nc2ccccc21. The summed E-state index contributed by atoms with van der Waals surface area (Å²) < 4.78 is 7.92. The van der Waals surface area contributed by atoms with E-state index in [1.54, 1.807) is 0 Å². The van der Waals surface area contributed by atoms with E-state index in [-0.39, 0.29) is 0 Å². The van der Waals surface area contributed by atoms with Crippen LogP contribution < -0.4 is 4.74 Å². The zero-order chi connectivity index (χ0) is 16.9. The second-order valence-electron chi connectivity index (χ2n) is 6.12. The monoisotopic (exact) mass is 322 g/mol. The van der Waals surface area contributed by atoms with Gasteiger partial charge in [-0.1, -0.05) is 44.2 Å². The van der Waals surface area contributed by atoms with Gasteiger partial charge in [-0.05, 0) is 36.1 Å². The van der Waals surface area contributed by atoms with E-state index in [2.05, 4.69) is 24.9 Å². The lowest BCUT2D eigenvalue weighted by Crippen LogP contribution is -2.08. The van der Waals surface area contributed by atoms with Crippen LogP contribution in [0.15, 0.2) is 48.5 Å². The van der Waals surface area contributed by atoms with E-state index < -0.39 is 0 Å². The summed E-state index contributed by atoms with van der Waals surface area (Å²) in [6.45, 7) is 5.64. The van der Waals surface area contributed by atoms with E-state index in [9.17, 15) is 4.79 Å². The highest BCUT2D eigenvalue weighted by Crippen LogP contribution is 2.26. The molecular weight excluding hydrogens is 300 g/mol. The summed E-state index contributed by atoms with van der Waals surface area (Å²) in [4.78, 5) is 15.6. The fraction of sp³-hybridized carbons (Fsp3) is 0.300. The Hall–Kier alpha value is -2.62. The van der Waals surface area contributed by atoms with Crippen molar-refractivity contribution in [2.75, 3.05) is 6.61 Å². The predicted octanol–water partition coefficient (Wildman–Crippen LogP) is 4.44. The van der Waals surface area contributed by atoms with Gasteiger partial charge in [-0.2, -0.15) is 0 Å². The Balaban J connectivity index is 1.67. The van der Waals surface area contributed by atoms with Gasteiger partial charge in [0, 0.05) is 6.54 Å². The number of fused-ring (bicyclic) bond motifs is 1. The fourth-order valence-electron chi connectivity index (χ4n) is 2.91. The molecule has 0 atom stereocenters. The molecule has 0 aliphatic heterocycles. The zero-order valence-electron chi connectivity index (χ0n) is 14.1. The highest BCUT2D eigenvalue weighted by Gasteiger charge is 2.10.